The van der Waals surface area contributed by atoms with Gasteiger partial charge in [-0.05, 0) is 79.6 Å². The lowest BCUT2D eigenvalue weighted by Gasteiger charge is -2.28. The first-order chi connectivity index (χ1) is 18.0. The zero-order chi connectivity index (χ0) is 25.5. The molecule has 1 fully saturated rings. The number of aromatic nitrogens is 3. The Labute approximate surface area is 221 Å². The number of halogens is 1. The van der Waals surface area contributed by atoms with Crippen LogP contribution in [-0.4, -0.2) is 45.6 Å². The maximum absolute atomic E-state index is 12.2. The SMILES string of the molecule is CCOC(=O)Cc1cn(-c2nc(Nc3cc4c(c(C5CC5)c3)CCN(C)C4)ncc2Cl)c2ccccc12. The smallest absolute Gasteiger partial charge is 0.310 e. The molecule has 2 aliphatic rings. The molecule has 0 bridgehead atoms. The zero-order valence-corrected chi connectivity index (χ0v) is 21.9. The van der Waals surface area contributed by atoms with E-state index < -0.39 is 0 Å². The number of rotatable bonds is 7. The summed E-state index contributed by atoms with van der Waals surface area (Å²) < 4.78 is 7.11. The van der Waals surface area contributed by atoms with Crippen LogP contribution < -0.4 is 5.32 Å². The first kappa shape index (κ1) is 23.9. The molecule has 2 aromatic heterocycles. The number of nitrogens with one attached hydrogen (secondary N) is 1. The lowest BCUT2D eigenvalue weighted by atomic mass is 9.91. The minimum absolute atomic E-state index is 0.183. The van der Waals surface area contributed by atoms with Crippen molar-refractivity contribution in [1.82, 2.24) is 19.4 Å². The van der Waals surface area contributed by atoms with Gasteiger partial charge in [0.05, 0.1) is 24.7 Å². The van der Waals surface area contributed by atoms with Crippen molar-refractivity contribution in [2.24, 2.45) is 0 Å². The Hall–Kier alpha value is -3.42. The van der Waals surface area contributed by atoms with Gasteiger partial charge in [0, 0.05) is 30.4 Å². The van der Waals surface area contributed by atoms with Gasteiger partial charge in [0.2, 0.25) is 5.95 Å². The lowest BCUT2D eigenvalue weighted by molar-refractivity contribution is -0.142. The molecule has 2 aromatic carbocycles. The minimum atomic E-state index is -0.258. The Kier molecular flexibility index (Phi) is 6.34. The summed E-state index contributed by atoms with van der Waals surface area (Å²) in [5.41, 5.74) is 7.17. The highest BCUT2D eigenvalue weighted by molar-refractivity contribution is 6.32. The monoisotopic (exact) mass is 515 g/mol. The number of hydrogen-bond acceptors (Lipinski definition) is 6. The standard InChI is InChI=1S/C29H30ClN5O2/c1-3-37-27(36)13-20-17-35(26-7-5-4-6-23(20)26)28-25(30)15-31-29(33-28)32-21-12-19-16-34(2)11-10-22(19)24(14-21)18-8-9-18/h4-7,12,14-15,17-18H,3,8-11,13,16H2,1-2H3,(H,31,32,33). The third-order valence-corrected chi connectivity index (χ3v) is 7.49. The van der Waals surface area contributed by atoms with E-state index >= 15 is 0 Å². The predicted molar refractivity (Wildman–Crippen MR) is 146 cm³/mol. The second-order valence-electron chi connectivity index (χ2n) is 9.98. The second kappa shape index (κ2) is 9.80. The van der Waals surface area contributed by atoms with Crippen LogP contribution in [0.1, 0.15) is 47.9 Å². The summed E-state index contributed by atoms with van der Waals surface area (Å²) in [6.45, 7) is 4.22. The molecule has 37 heavy (non-hydrogen) atoms. The molecule has 1 aliphatic carbocycles. The summed E-state index contributed by atoms with van der Waals surface area (Å²) in [5.74, 6) is 1.45. The number of ether oxygens (including phenoxy) is 1. The van der Waals surface area contributed by atoms with E-state index in [0.717, 1.165) is 41.7 Å². The maximum Gasteiger partial charge on any atom is 0.310 e. The number of anilines is 2. The molecular weight excluding hydrogens is 486 g/mol. The van der Waals surface area contributed by atoms with Crippen LogP contribution >= 0.6 is 11.6 Å². The highest BCUT2D eigenvalue weighted by Crippen LogP contribution is 2.44. The van der Waals surface area contributed by atoms with Crippen molar-refractivity contribution in [3.05, 3.63) is 76.1 Å². The quantitative estimate of drug-likeness (QED) is 0.314. The van der Waals surface area contributed by atoms with Crippen LogP contribution in [0.3, 0.4) is 0 Å². The van der Waals surface area contributed by atoms with Crippen LogP contribution in [0.15, 0.2) is 48.8 Å². The molecule has 0 unspecified atom stereocenters. The lowest BCUT2D eigenvalue weighted by Crippen LogP contribution is -2.27. The van der Waals surface area contributed by atoms with Crippen molar-refractivity contribution in [2.75, 3.05) is 25.5 Å². The van der Waals surface area contributed by atoms with E-state index in [-0.39, 0.29) is 12.4 Å². The van der Waals surface area contributed by atoms with Gasteiger partial charge in [-0.1, -0.05) is 29.8 Å². The van der Waals surface area contributed by atoms with Crippen molar-refractivity contribution >= 4 is 40.1 Å². The first-order valence-corrected chi connectivity index (χ1v) is 13.3. The fourth-order valence-corrected chi connectivity index (χ4v) is 5.54. The Morgan fingerprint density at radius 2 is 2.08 bits per heavy atom. The van der Waals surface area contributed by atoms with Gasteiger partial charge in [0.1, 0.15) is 5.02 Å². The molecule has 8 heteroatoms. The van der Waals surface area contributed by atoms with Gasteiger partial charge >= 0.3 is 5.97 Å². The summed E-state index contributed by atoms with van der Waals surface area (Å²) in [6, 6.07) is 12.4. The summed E-state index contributed by atoms with van der Waals surface area (Å²) in [6.07, 6.45) is 7.36. The predicted octanol–water partition coefficient (Wildman–Crippen LogP) is 5.79. The molecular formula is C29H30ClN5O2. The molecule has 4 aromatic rings. The average molecular weight is 516 g/mol. The minimum Gasteiger partial charge on any atom is -0.466 e. The average Bonchev–Trinajstić information content (AvgIpc) is 3.67. The van der Waals surface area contributed by atoms with E-state index in [0.29, 0.717) is 29.3 Å². The number of carbonyl (C=O) groups is 1. The number of hydrogen-bond donors (Lipinski definition) is 1. The summed E-state index contributed by atoms with van der Waals surface area (Å²) in [4.78, 5) is 23.9. The second-order valence-corrected chi connectivity index (χ2v) is 10.4. The van der Waals surface area contributed by atoms with Crippen LogP contribution in [0.2, 0.25) is 5.02 Å². The van der Waals surface area contributed by atoms with Crippen molar-refractivity contribution in [3.8, 4) is 5.82 Å². The van der Waals surface area contributed by atoms with Crippen LogP contribution in [0.4, 0.5) is 11.6 Å². The molecule has 1 N–H and O–H groups in total. The molecule has 6 rings (SSSR count). The van der Waals surface area contributed by atoms with Gasteiger partial charge < -0.3 is 15.0 Å². The molecule has 0 atom stereocenters. The molecule has 0 saturated heterocycles. The number of fused-ring (bicyclic) bond motifs is 2. The third kappa shape index (κ3) is 4.81. The van der Waals surface area contributed by atoms with Crippen molar-refractivity contribution in [2.45, 2.75) is 45.1 Å². The molecule has 0 radical (unpaired) electrons. The van der Waals surface area contributed by atoms with Gasteiger partial charge in [-0.25, -0.2) is 4.98 Å². The highest BCUT2D eigenvalue weighted by Gasteiger charge is 2.29. The molecule has 1 aliphatic heterocycles. The van der Waals surface area contributed by atoms with E-state index in [2.05, 4.69) is 34.4 Å². The van der Waals surface area contributed by atoms with Gasteiger partial charge in [0.25, 0.3) is 0 Å². The third-order valence-electron chi connectivity index (χ3n) is 7.22. The van der Waals surface area contributed by atoms with Crippen molar-refractivity contribution in [3.63, 3.8) is 0 Å². The van der Waals surface area contributed by atoms with Gasteiger partial charge in [-0.15, -0.1) is 0 Å². The molecule has 190 valence electrons. The maximum atomic E-state index is 12.2. The summed E-state index contributed by atoms with van der Waals surface area (Å²) >= 11 is 6.61. The topological polar surface area (TPSA) is 72.3 Å². The van der Waals surface area contributed by atoms with Crippen molar-refractivity contribution in [1.29, 1.82) is 0 Å². The van der Waals surface area contributed by atoms with E-state index in [1.54, 1.807) is 6.20 Å². The number of likely N-dealkylation sites (N-methyl/N-ethyl adjacent to an activating group) is 1. The number of para-hydroxylation sites is 1. The van der Waals surface area contributed by atoms with Gasteiger partial charge in [-0.2, -0.15) is 4.98 Å². The molecule has 0 spiro atoms. The normalized spacial score (nSPS) is 15.5. The van der Waals surface area contributed by atoms with E-state index in [1.165, 1.54) is 29.5 Å². The molecule has 7 nitrogen and oxygen atoms in total. The Morgan fingerprint density at radius 3 is 2.89 bits per heavy atom. The van der Waals surface area contributed by atoms with Crippen LogP contribution in [0, 0.1) is 0 Å². The van der Waals surface area contributed by atoms with Gasteiger partial charge in [-0.3, -0.25) is 9.36 Å². The first-order valence-electron chi connectivity index (χ1n) is 12.9. The van der Waals surface area contributed by atoms with E-state index in [4.69, 9.17) is 21.3 Å². The Bertz CT molecular complexity index is 1490. The fourth-order valence-electron chi connectivity index (χ4n) is 5.36. The van der Waals surface area contributed by atoms with Crippen LogP contribution in [-0.2, 0) is 28.9 Å². The largest absolute Gasteiger partial charge is 0.466 e. The van der Waals surface area contributed by atoms with E-state index in [9.17, 15) is 4.79 Å². The fraction of sp³-hybridized carbons (Fsp3) is 0.345. The summed E-state index contributed by atoms with van der Waals surface area (Å²) in [5, 5.41) is 4.84. The summed E-state index contributed by atoms with van der Waals surface area (Å²) in [7, 11) is 2.17. The highest BCUT2D eigenvalue weighted by atomic mass is 35.5. The molecule has 0 amide bonds. The Balaban J connectivity index is 1.36. The number of carbonyl (C=O) groups excluding carboxylic acids is 1. The number of esters is 1. The number of nitrogens with zero attached hydrogens (tertiary/aromatic N) is 4. The zero-order valence-electron chi connectivity index (χ0n) is 21.1. The van der Waals surface area contributed by atoms with E-state index in [1.807, 2.05) is 42.0 Å². The number of benzene rings is 2. The van der Waals surface area contributed by atoms with Crippen molar-refractivity contribution < 1.29 is 9.53 Å². The van der Waals surface area contributed by atoms with Gasteiger partial charge in [0.15, 0.2) is 5.82 Å². The van der Waals surface area contributed by atoms with Crippen LogP contribution in [0.5, 0.6) is 0 Å². The molecule has 1 saturated carbocycles. The van der Waals surface area contributed by atoms with Crippen LogP contribution in [0.25, 0.3) is 16.7 Å². The Morgan fingerprint density at radius 1 is 1.24 bits per heavy atom. The molecule has 3 heterocycles.